The summed E-state index contributed by atoms with van der Waals surface area (Å²) in [5, 5.41) is 12.3. The number of hydrogen-bond acceptors (Lipinski definition) is 4. The lowest BCUT2D eigenvalue weighted by molar-refractivity contribution is -0.123. The third kappa shape index (κ3) is 3.78. The first-order valence-electron chi connectivity index (χ1n) is 5.87. The topological polar surface area (TPSA) is 83.5 Å². The SMILES string of the molecule is CC(C)(C(=O)NCC(O)c1ccccc1)S(C)(=O)=O. The molecule has 0 heterocycles. The van der Waals surface area contributed by atoms with Gasteiger partial charge in [-0.15, -0.1) is 0 Å². The Bertz CT molecular complexity index is 537. The molecule has 1 aromatic rings. The molecule has 0 spiro atoms. The second kappa shape index (κ2) is 5.71. The third-order valence-corrected chi connectivity index (χ3v) is 5.15. The molecule has 0 aliphatic heterocycles. The maximum atomic E-state index is 11.8. The fourth-order valence-corrected chi connectivity index (χ4v) is 1.77. The summed E-state index contributed by atoms with van der Waals surface area (Å²) >= 11 is 0. The number of rotatable bonds is 5. The average Bonchev–Trinajstić information content (AvgIpc) is 2.35. The van der Waals surface area contributed by atoms with Gasteiger partial charge in [0.1, 0.15) is 4.75 Å². The summed E-state index contributed by atoms with van der Waals surface area (Å²) in [5.41, 5.74) is 0.667. The van der Waals surface area contributed by atoms with Crippen LogP contribution in [0.25, 0.3) is 0 Å². The standard InChI is InChI=1S/C13H19NO4S/c1-13(2,19(3,17)18)12(16)14-9-11(15)10-7-5-4-6-8-10/h4-8,11,15H,9H2,1-3H3,(H,14,16). The van der Waals surface area contributed by atoms with Crippen molar-refractivity contribution in [3.8, 4) is 0 Å². The van der Waals surface area contributed by atoms with E-state index >= 15 is 0 Å². The summed E-state index contributed by atoms with van der Waals surface area (Å²) in [7, 11) is -3.51. The lowest BCUT2D eigenvalue weighted by Crippen LogP contribution is -2.48. The molecule has 19 heavy (non-hydrogen) atoms. The third-order valence-electron chi connectivity index (χ3n) is 3.11. The summed E-state index contributed by atoms with van der Waals surface area (Å²) in [4.78, 5) is 11.8. The zero-order valence-corrected chi connectivity index (χ0v) is 12.1. The summed E-state index contributed by atoms with van der Waals surface area (Å²) in [6, 6.07) is 8.85. The number of hydrogen-bond donors (Lipinski definition) is 2. The van der Waals surface area contributed by atoms with Gasteiger partial charge in [-0.2, -0.15) is 0 Å². The van der Waals surface area contributed by atoms with Gasteiger partial charge in [0.25, 0.3) is 0 Å². The Hall–Kier alpha value is -1.40. The molecule has 0 fully saturated rings. The Kier molecular flexibility index (Phi) is 4.70. The van der Waals surface area contributed by atoms with E-state index in [9.17, 15) is 18.3 Å². The predicted octanol–water partition coefficient (Wildman–Crippen LogP) is 0.659. The highest BCUT2D eigenvalue weighted by Gasteiger charge is 2.38. The largest absolute Gasteiger partial charge is 0.387 e. The lowest BCUT2D eigenvalue weighted by Gasteiger charge is -2.22. The van der Waals surface area contributed by atoms with E-state index in [2.05, 4.69) is 5.32 Å². The molecule has 106 valence electrons. The van der Waals surface area contributed by atoms with Crippen molar-refractivity contribution in [2.24, 2.45) is 0 Å². The number of carbonyl (C=O) groups is 1. The van der Waals surface area contributed by atoms with Gasteiger partial charge in [0, 0.05) is 12.8 Å². The zero-order chi connectivity index (χ0) is 14.7. The molecule has 2 N–H and O–H groups in total. The molecule has 0 aromatic heterocycles. The van der Waals surface area contributed by atoms with Gasteiger partial charge in [0.15, 0.2) is 9.84 Å². The van der Waals surface area contributed by atoms with Crippen LogP contribution in [-0.4, -0.2) is 37.0 Å². The molecule has 1 atom stereocenters. The highest BCUT2D eigenvalue weighted by molar-refractivity contribution is 7.92. The van der Waals surface area contributed by atoms with E-state index < -0.39 is 26.6 Å². The normalized spacial score (nSPS) is 13.9. The Balaban J connectivity index is 2.66. The number of sulfone groups is 1. The molecule has 1 unspecified atom stereocenters. The molecule has 0 aliphatic carbocycles. The maximum Gasteiger partial charge on any atom is 0.240 e. The highest BCUT2D eigenvalue weighted by Crippen LogP contribution is 2.16. The fraction of sp³-hybridized carbons (Fsp3) is 0.462. The van der Waals surface area contributed by atoms with Gasteiger partial charge in [0.05, 0.1) is 6.10 Å². The molecule has 5 nitrogen and oxygen atoms in total. The van der Waals surface area contributed by atoms with Crippen LogP contribution in [0.4, 0.5) is 0 Å². The molecule has 0 bridgehead atoms. The maximum absolute atomic E-state index is 11.8. The fourth-order valence-electron chi connectivity index (χ4n) is 1.36. The molecule has 0 saturated carbocycles. The molecule has 0 saturated heterocycles. The second-order valence-corrected chi connectivity index (χ2v) is 7.48. The quantitative estimate of drug-likeness (QED) is 0.832. The van der Waals surface area contributed by atoms with Crippen molar-refractivity contribution in [1.82, 2.24) is 5.32 Å². The minimum atomic E-state index is -3.51. The number of amides is 1. The molecule has 0 radical (unpaired) electrons. The van der Waals surface area contributed by atoms with Gasteiger partial charge in [-0.05, 0) is 19.4 Å². The first-order chi connectivity index (χ1) is 8.66. The van der Waals surface area contributed by atoms with Crippen molar-refractivity contribution in [2.45, 2.75) is 24.7 Å². The number of nitrogens with one attached hydrogen (secondary N) is 1. The van der Waals surface area contributed by atoms with Crippen molar-refractivity contribution in [3.63, 3.8) is 0 Å². The monoisotopic (exact) mass is 285 g/mol. The Morgan fingerprint density at radius 3 is 2.32 bits per heavy atom. The summed E-state index contributed by atoms with van der Waals surface area (Å²) in [5.74, 6) is -0.620. The van der Waals surface area contributed by atoms with E-state index in [-0.39, 0.29) is 6.54 Å². The molecule has 1 amide bonds. The van der Waals surface area contributed by atoms with Crippen LogP contribution in [0.2, 0.25) is 0 Å². The number of carbonyl (C=O) groups excluding carboxylic acids is 1. The van der Waals surface area contributed by atoms with Crippen LogP contribution < -0.4 is 5.32 Å². The number of aliphatic hydroxyl groups excluding tert-OH is 1. The van der Waals surface area contributed by atoms with Crippen LogP contribution in [0.5, 0.6) is 0 Å². The molecular formula is C13H19NO4S. The summed E-state index contributed by atoms with van der Waals surface area (Å²) in [6.07, 6.45) is 0.153. The van der Waals surface area contributed by atoms with Crippen molar-refractivity contribution in [1.29, 1.82) is 0 Å². The first kappa shape index (κ1) is 15.7. The highest BCUT2D eigenvalue weighted by atomic mass is 32.2. The molecule has 6 heteroatoms. The molecule has 1 rings (SSSR count). The van der Waals surface area contributed by atoms with Crippen LogP contribution >= 0.6 is 0 Å². The Morgan fingerprint density at radius 2 is 1.84 bits per heavy atom. The van der Waals surface area contributed by atoms with Gasteiger partial charge in [-0.25, -0.2) is 8.42 Å². The van der Waals surface area contributed by atoms with Crippen molar-refractivity contribution in [2.75, 3.05) is 12.8 Å². The van der Waals surface area contributed by atoms with Crippen LogP contribution in [0, 0.1) is 0 Å². The summed E-state index contributed by atoms with van der Waals surface area (Å²) < 4.78 is 21.5. The Labute approximate surface area is 113 Å². The average molecular weight is 285 g/mol. The first-order valence-corrected chi connectivity index (χ1v) is 7.76. The second-order valence-electron chi connectivity index (χ2n) is 4.92. The summed E-state index contributed by atoms with van der Waals surface area (Å²) in [6.45, 7) is 2.65. The van der Waals surface area contributed by atoms with E-state index in [0.29, 0.717) is 5.56 Å². The van der Waals surface area contributed by atoms with E-state index in [1.807, 2.05) is 6.07 Å². The van der Waals surface area contributed by atoms with Gasteiger partial charge in [-0.3, -0.25) is 4.79 Å². The van der Waals surface area contributed by atoms with Crippen LogP contribution in [-0.2, 0) is 14.6 Å². The minimum Gasteiger partial charge on any atom is -0.387 e. The van der Waals surface area contributed by atoms with Crippen molar-refractivity contribution >= 4 is 15.7 Å². The lowest BCUT2D eigenvalue weighted by atomic mass is 10.1. The predicted molar refractivity (Wildman–Crippen MR) is 73.3 cm³/mol. The van der Waals surface area contributed by atoms with Gasteiger partial charge >= 0.3 is 0 Å². The number of benzene rings is 1. The zero-order valence-electron chi connectivity index (χ0n) is 11.3. The van der Waals surface area contributed by atoms with Crippen LogP contribution in [0.3, 0.4) is 0 Å². The molecule has 0 aliphatic rings. The smallest absolute Gasteiger partial charge is 0.240 e. The van der Waals surface area contributed by atoms with Crippen LogP contribution in [0.15, 0.2) is 30.3 Å². The van der Waals surface area contributed by atoms with Gasteiger partial charge < -0.3 is 10.4 Å². The van der Waals surface area contributed by atoms with Crippen molar-refractivity contribution in [3.05, 3.63) is 35.9 Å². The molecule has 1 aromatic carbocycles. The molecular weight excluding hydrogens is 266 g/mol. The van der Waals surface area contributed by atoms with E-state index in [1.165, 1.54) is 13.8 Å². The van der Waals surface area contributed by atoms with E-state index in [4.69, 9.17) is 0 Å². The van der Waals surface area contributed by atoms with E-state index in [1.54, 1.807) is 24.3 Å². The van der Waals surface area contributed by atoms with Gasteiger partial charge in [0.2, 0.25) is 5.91 Å². The number of aliphatic hydroxyl groups is 1. The van der Waals surface area contributed by atoms with Crippen molar-refractivity contribution < 1.29 is 18.3 Å². The Morgan fingerprint density at radius 1 is 1.32 bits per heavy atom. The van der Waals surface area contributed by atoms with E-state index in [0.717, 1.165) is 6.26 Å². The van der Waals surface area contributed by atoms with Gasteiger partial charge in [-0.1, -0.05) is 30.3 Å². The minimum absolute atomic E-state index is 0.0260. The van der Waals surface area contributed by atoms with Crippen LogP contribution in [0.1, 0.15) is 25.5 Å².